The topological polar surface area (TPSA) is 77.8 Å². The van der Waals surface area contributed by atoms with Crippen molar-refractivity contribution in [2.24, 2.45) is 5.92 Å². The van der Waals surface area contributed by atoms with Gasteiger partial charge in [-0.25, -0.2) is 9.18 Å². The van der Waals surface area contributed by atoms with E-state index in [0.29, 0.717) is 0 Å². The molecule has 1 aliphatic rings. The van der Waals surface area contributed by atoms with Gasteiger partial charge in [-0.3, -0.25) is 4.79 Å². The SMILES string of the molecule is O=C(O)c1cc(F)cc(Cl)c1N1CC(CO)CC1=O. The van der Waals surface area contributed by atoms with E-state index in [9.17, 15) is 14.0 Å². The molecular formula is C12H11ClFNO4. The lowest BCUT2D eigenvalue weighted by atomic mass is 10.1. The second kappa shape index (κ2) is 5.14. The molecule has 0 saturated carbocycles. The Hall–Kier alpha value is -1.66. The van der Waals surface area contributed by atoms with E-state index in [2.05, 4.69) is 0 Å². The molecule has 0 aliphatic carbocycles. The van der Waals surface area contributed by atoms with Gasteiger partial charge in [-0.05, 0) is 12.1 Å². The summed E-state index contributed by atoms with van der Waals surface area (Å²) < 4.78 is 13.2. The van der Waals surface area contributed by atoms with E-state index in [-0.39, 0.29) is 47.7 Å². The largest absolute Gasteiger partial charge is 0.478 e. The van der Waals surface area contributed by atoms with Crippen LogP contribution in [-0.2, 0) is 4.79 Å². The lowest BCUT2D eigenvalue weighted by molar-refractivity contribution is -0.117. The van der Waals surface area contributed by atoms with E-state index in [4.69, 9.17) is 21.8 Å². The molecule has 5 nitrogen and oxygen atoms in total. The highest BCUT2D eigenvalue weighted by Gasteiger charge is 2.34. The molecule has 2 N–H and O–H groups in total. The molecule has 1 saturated heterocycles. The minimum Gasteiger partial charge on any atom is -0.478 e. The summed E-state index contributed by atoms with van der Waals surface area (Å²) in [5.74, 6) is -2.75. The summed E-state index contributed by atoms with van der Waals surface area (Å²) in [7, 11) is 0. The highest BCUT2D eigenvalue weighted by Crippen LogP contribution is 2.35. The van der Waals surface area contributed by atoms with Crippen molar-refractivity contribution in [3.8, 4) is 0 Å². The van der Waals surface area contributed by atoms with Gasteiger partial charge < -0.3 is 15.1 Å². The molecule has 0 radical (unpaired) electrons. The van der Waals surface area contributed by atoms with E-state index in [1.807, 2.05) is 0 Å². The first kappa shape index (κ1) is 13.8. The van der Waals surface area contributed by atoms with Crippen molar-refractivity contribution in [2.45, 2.75) is 6.42 Å². The highest BCUT2D eigenvalue weighted by atomic mass is 35.5. The van der Waals surface area contributed by atoms with Gasteiger partial charge in [-0.2, -0.15) is 0 Å². The Balaban J connectivity index is 2.50. The van der Waals surface area contributed by atoms with Crippen LogP contribution in [0, 0.1) is 11.7 Å². The summed E-state index contributed by atoms with van der Waals surface area (Å²) in [6.07, 6.45) is 0.114. The number of carboxylic acids is 1. The fraction of sp³-hybridized carbons (Fsp3) is 0.333. The molecule has 19 heavy (non-hydrogen) atoms. The summed E-state index contributed by atoms with van der Waals surface area (Å²) in [6, 6.07) is 1.78. The van der Waals surface area contributed by atoms with Crippen LogP contribution in [0.5, 0.6) is 0 Å². The smallest absolute Gasteiger partial charge is 0.337 e. The number of halogens is 2. The molecule has 1 atom stereocenters. The third-order valence-electron chi connectivity index (χ3n) is 2.99. The van der Waals surface area contributed by atoms with Crippen LogP contribution >= 0.6 is 11.6 Å². The van der Waals surface area contributed by atoms with Crippen LogP contribution in [0.4, 0.5) is 10.1 Å². The number of amides is 1. The molecule has 1 aromatic rings. The number of aliphatic hydroxyl groups is 1. The quantitative estimate of drug-likeness (QED) is 0.883. The predicted molar refractivity (Wildman–Crippen MR) is 65.9 cm³/mol. The fourth-order valence-corrected chi connectivity index (χ4v) is 2.43. The van der Waals surface area contributed by atoms with Crippen LogP contribution in [0.2, 0.25) is 5.02 Å². The van der Waals surface area contributed by atoms with Gasteiger partial charge in [0, 0.05) is 25.5 Å². The van der Waals surface area contributed by atoms with E-state index < -0.39 is 11.8 Å². The monoisotopic (exact) mass is 287 g/mol. The molecular weight excluding hydrogens is 277 g/mol. The normalized spacial score (nSPS) is 19.0. The molecule has 1 aromatic carbocycles. The van der Waals surface area contributed by atoms with Gasteiger partial charge in [0.2, 0.25) is 5.91 Å². The van der Waals surface area contributed by atoms with Crippen LogP contribution in [-0.4, -0.2) is 35.2 Å². The fourth-order valence-electron chi connectivity index (χ4n) is 2.12. The van der Waals surface area contributed by atoms with Gasteiger partial charge >= 0.3 is 5.97 Å². The zero-order chi connectivity index (χ0) is 14.2. The Bertz CT molecular complexity index is 549. The summed E-state index contributed by atoms with van der Waals surface area (Å²) in [6.45, 7) is -0.00950. The number of hydrogen-bond donors (Lipinski definition) is 2. The number of carboxylic acid groups (broad SMARTS) is 1. The maximum Gasteiger partial charge on any atom is 0.337 e. The number of aliphatic hydroxyl groups excluding tert-OH is 1. The molecule has 1 unspecified atom stereocenters. The number of nitrogens with zero attached hydrogens (tertiary/aromatic N) is 1. The first-order valence-corrected chi connectivity index (χ1v) is 5.95. The maximum absolute atomic E-state index is 13.2. The minimum absolute atomic E-state index is 0.0171. The molecule has 0 aromatic heterocycles. The van der Waals surface area contributed by atoms with Gasteiger partial charge in [-0.15, -0.1) is 0 Å². The van der Waals surface area contributed by atoms with Crippen LogP contribution in [0.1, 0.15) is 16.8 Å². The van der Waals surface area contributed by atoms with Gasteiger partial charge in [-0.1, -0.05) is 11.6 Å². The Morgan fingerprint density at radius 3 is 2.74 bits per heavy atom. The first-order valence-electron chi connectivity index (χ1n) is 5.57. The molecule has 7 heteroatoms. The summed E-state index contributed by atoms with van der Waals surface area (Å²) in [4.78, 5) is 24.1. The number of rotatable bonds is 3. The lowest BCUT2D eigenvalue weighted by Crippen LogP contribution is -2.27. The number of carbonyl (C=O) groups excluding carboxylic acids is 1. The summed E-state index contributed by atoms with van der Waals surface area (Å²) >= 11 is 5.86. The van der Waals surface area contributed by atoms with Gasteiger partial charge in [0.05, 0.1) is 16.3 Å². The van der Waals surface area contributed by atoms with Gasteiger partial charge in [0.1, 0.15) is 5.82 Å². The van der Waals surface area contributed by atoms with Crippen molar-refractivity contribution >= 4 is 29.2 Å². The third kappa shape index (κ3) is 2.54. The molecule has 1 fully saturated rings. The predicted octanol–water partition coefficient (Wildman–Crippen LogP) is 1.52. The Labute approximate surface area is 113 Å². The van der Waals surface area contributed by atoms with Crippen LogP contribution in [0.15, 0.2) is 12.1 Å². The molecule has 1 heterocycles. The molecule has 2 rings (SSSR count). The number of aromatic carboxylic acids is 1. The van der Waals surface area contributed by atoms with Crippen LogP contribution < -0.4 is 4.90 Å². The Morgan fingerprint density at radius 2 is 2.21 bits per heavy atom. The molecule has 1 amide bonds. The highest BCUT2D eigenvalue weighted by molar-refractivity contribution is 6.34. The summed E-state index contributed by atoms with van der Waals surface area (Å²) in [5.41, 5.74) is -0.381. The van der Waals surface area contributed by atoms with E-state index in [0.717, 1.165) is 12.1 Å². The standard InChI is InChI=1S/C12H11ClFNO4/c13-9-3-7(14)2-8(12(18)19)11(9)15-4-6(5-16)1-10(15)17/h2-3,6,16H,1,4-5H2,(H,18,19). The minimum atomic E-state index is -1.36. The number of hydrogen-bond acceptors (Lipinski definition) is 3. The van der Waals surface area contributed by atoms with E-state index in [1.54, 1.807) is 0 Å². The van der Waals surface area contributed by atoms with E-state index in [1.165, 1.54) is 4.90 Å². The molecule has 102 valence electrons. The zero-order valence-electron chi connectivity index (χ0n) is 9.77. The average Bonchev–Trinajstić information content (AvgIpc) is 2.69. The molecule has 1 aliphatic heterocycles. The van der Waals surface area contributed by atoms with E-state index >= 15 is 0 Å². The van der Waals surface area contributed by atoms with Crippen molar-refractivity contribution in [3.63, 3.8) is 0 Å². The Morgan fingerprint density at radius 1 is 1.53 bits per heavy atom. The summed E-state index contributed by atoms with van der Waals surface area (Å²) in [5, 5.41) is 18.0. The maximum atomic E-state index is 13.2. The number of carbonyl (C=O) groups is 2. The second-order valence-corrected chi connectivity index (χ2v) is 4.75. The number of benzene rings is 1. The molecule has 0 bridgehead atoms. The Kier molecular flexibility index (Phi) is 3.73. The van der Waals surface area contributed by atoms with Crippen molar-refractivity contribution in [2.75, 3.05) is 18.1 Å². The number of anilines is 1. The first-order chi connectivity index (χ1) is 8.93. The van der Waals surface area contributed by atoms with Crippen molar-refractivity contribution in [1.82, 2.24) is 0 Å². The van der Waals surface area contributed by atoms with Crippen LogP contribution in [0.25, 0.3) is 0 Å². The van der Waals surface area contributed by atoms with Crippen molar-refractivity contribution in [1.29, 1.82) is 0 Å². The van der Waals surface area contributed by atoms with Crippen molar-refractivity contribution in [3.05, 3.63) is 28.5 Å². The van der Waals surface area contributed by atoms with Gasteiger partial charge in [0.25, 0.3) is 0 Å². The lowest BCUT2D eigenvalue weighted by Gasteiger charge is -2.20. The van der Waals surface area contributed by atoms with Crippen LogP contribution in [0.3, 0.4) is 0 Å². The average molecular weight is 288 g/mol. The molecule has 0 spiro atoms. The second-order valence-electron chi connectivity index (χ2n) is 4.35. The van der Waals surface area contributed by atoms with Crippen molar-refractivity contribution < 1.29 is 24.2 Å². The third-order valence-corrected chi connectivity index (χ3v) is 3.28. The zero-order valence-corrected chi connectivity index (χ0v) is 10.5. The van der Waals surface area contributed by atoms with Gasteiger partial charge in [0.15, 0.2) is 0 Å².